The van der Waals surface area contributed by atoms with Crippen molar-refractivity contribution in [1.29, 1.82) is 0 Å². The highest BCUT2D eigenvalue weighted by Gasteiger charge is 2.03. The van der Waals surface area contributed by atoms with E-state index in [4.69, 9.17) is 0 Å². The van der Waals surface area contributed by atoms with Crippen LogP contribution in [0.2, 0.25) is 0 Å². The minimum Gasteiger partial charge on any atom is -0.469 e. The van der Waals surface area contributed by atoms with E-state index in [9.17, 15) is 9.59 Å². The van der Waals surface area contributed by atoms with E-state index < -0.39 is 0 Å². The van der Waals surface area contributed by atoms with E-state index in [0.717, 1.165) is 17.9 Å². The molecule has 98 valence electrons. The summed E-state index contributed by atoms with van der Waals surface area (Å²) in [5.74, 6) is 0.946. The van der Waals surface area contributed by atoms with Gasteiger partial charge in [0.15, 0.2) is 0 Å². The fourth-order valence-electron chi connectivity index (χ4n) is 1.30. The maximum atomic E-state index is 11.5. The van der Waals surface area contributed by atoms with E-state index >= 15 is 0 Å². The lowest BCUT2D eigenvalue weighted by atomic mass is 10.3. The minimum absolute atomic E-state index is 0.0238. The zero-order chi connectivity index (χ0) is 13.2. The molecular weight excluding hydrogens is 250 g/mol. The largest absolute Gasteiger partial charge is 0.469 e. The number of amides is 1. The quantitative estimate of drug-likeness (QED) is 0.608. The molecule has 1 rings (SSSR count). The number of nitrogens with one attached hydrogen (secondary N) is 1. The van der Waals surface area contributed by atoms with Gasteiger partial charge in [-0.3, -0.25) is 9.59 Å². The van der Waals surface area contributed by atoms with Crippen molar-refractivity contribution < 1.29 is 14.3 Å². The average molecular weight is 267 g/mol. The number of esters is 1. The van der Waals surface area contributed by atoms with Crippen molar-refractivity contribution >= 4 is 29.3 Å². The Bertz CT molecular complexity index is 381. The number of hydrogen-bond donors (Lipinski definition) is 1. The van der Waals surface area contributed by atoms with E-state index in [1.54, 1.807) is 0 Å². The number of methoxy groups -OCH3 is 1. The number of hydrogen-bond acceptors (Lipinski definition) is 4. The molecule has 1 aromatic carbocycles. The lowest BCUT2D eigenvalue weighted by Crippen LogP contribution is -2.14. The summed E-state index contributed by atoms with van der Waals surface area (Å²) < 4.78 is 4.53. The standard InChI is InChI=1S/C13H17NO3S/c1-17-13(16)8-5-9-18-10-12(15)14-11-6-3-2-4-7-11/h2-4,6-7H,5,8-10H2,1H3,(H,14,15). The number of carbonyl (C=O) groups excluding carboxylic acids is 2. The molecular formula is C13H17NO3S. The summed E-state index contributed by atoms with van der Waals surface area (Å²) in [6.07, 6.45) is 1.14. The van der Waals surface area contributed by atoms with Gasteiger partial charge in [-0.1, -0.05) is 18.2 Å². The number of para-hydroxylation sites is 1. The third-order valence-electron chi connectivity index (χ3n) is 2.19. The van der Waals surface area contributed by atoms with Crippen LogP contribution in [0.15, 0.2) is 30.3 Å². The normalized spacial score (nSPS) is 9.83. The molecule has 0 aliphatic carbocycles. The molecule has 0 atom stereocenters. The average Bonchev–Trinajstić information content (AvgIpc) is 2.39. The molecule has 1 aromatic rings. The highest BCUT2D eigenvalue weighted by Crippen LogP contribution is 2.08. The first-order chi connectivity index (χ1) is 8.72. The van der Waals surface area contributed by atoms with Crippen LogP contribution in [-0.2, 0) is 14.3 Å². The van der Waals surface area contributed by atoms with Gasteiger partial charge in [0.05, 0.1) is 12.9 Å². The third kappa shape index (κ3) is 6.30. The van der Waals surface area contributed by atoms with Crippen molar-refractivity contribution in [2.75, 3.05) is 23.9 Å². The number of rotatable bonds is 7. The van der Waals surface area contributed by atoms with Crippen molar-refractivity contribution in [2.24, 2.45) is 0 Å². The van der Waals surface area contributed by atoms with Gasteiger partial charge in [-0.05, 0) is 24.3 Å². The summed E-state index contributed by atoms with van der Waals surface area (Å²) >= 11 is 1.51. The number of thioether (sulfide) groups is 1. The molecule has 0 radical (unpaired) electrons. The van der Waals surface area contributed by atoms with Gasteiger partial charge in [0.2, 0.25) is 5.91 Å². The minimum atomic E-state index is -0.204. The number of ether oxygens (including phenoxy) is 1. The lowest BCUT2D eigenvalue weighted by molar-refractivity contribution is -0.140. The third-order valence-corrected chi connectivity index (χ3v) is 3.23. The molecule has 0 aromatic heterocycles. The molecule has 18 heavy (non-hydrogen) atoms. The molecule has 0 saturated heterocycles. The van der Waals surface area contributed by atoms with Gasteiger partial charge in [-0.15, -0.1) is 0 Å². The summed E-state index contributed by atoms with van der Waals surface area (Å²) in [5, 5.41) is 2.80. The molecule has 0 spiro atoms. The van der Waals surface area contributed by atoms with Crippen molar-refractivity contribution in [1.82, 2.24) is 0 Å². The molecule has 5 heteroatoms. The molecule has 0 heterocycles. The van der Waals surface area contributed by atoms with E-state index in [2.05, 4.69) is 10.1 Å². The van der Waals surface area contributed by atoms with Crippen LogP contribution in [0.3, 0.4) is 0 Å². The molecule has 0 aliphatic heterocycles. The second kappa shape index (κ2) is 8.58. The molecule has 0 fully saturated rings. The van der Waals surface area contributed by atoms with Crippen LogP contribution >= 0.6 is 11.8 Å². The van der Waals surface area contributed by atoms with Crippen molar-refractivity contribution in [3.8, 4) is 0 Å². The van der Waals surface area contributed by atoms with Gasteiger partial charge >= 0.3 is 5.97 Å². The SMILES string of the molecule is COC(=O)CCCSCC(=O)Nc1ccccc1. The first-order valence-electron chi connectivity index (χ1n) is 5.72. The number of anilines is 1. The molecule has 0 saturated carbocycles. The Morgan fingerprint density at radius 1 is 1.28 bits per heavy atom. The molecule has 1 amide bonds. The van der Waals surface area contributed by atoms with E-state index in [1.165, 1.54) is 18.9 Å². The number of carbonyl (C=O) groups is 2. The van der Waals surface area contributed by atoms with Gasteiger partial charge < -0.3 is 10.1 Å². The van der Waals surface area contributed by atoms with Crippen molar-refractivity contribution in [2.45, 2.75) is 12.8 Å². The summed E-state index contributed by atoms with van der Waals surface area (Å²) in [6.45, 7) is 0. The van der Waals surface area contributed by atoms with Gasteiger partial charge in [-0.2, -0.15) is 11.8 Å². The molecule has 1 N–H and O–H groups in total. The van der Waals surface area contributed by atoms with Gasteiger partial charge in [-0.25, -0.2) is 0 Å². The van der Waals surface area contributed by atoms with Crippen LogP contribution < -0.4 is 5.32 Å². The number of benzene rings is 1. The maximum Gasteiger partial charge on any atom is 0.305 e. The van der Waals surface area contributed by atoms with E-state index in [-0.39, 0.29) is 11.9 Å². The summed E-state index contributed by atoms with van der Waals surface area (Å²) in [5.41, 5.74) is 0.803. The second-order valence-electron chi connectivity index (χ2n) is 3.65. The molecule has 0 unspecified atom stereocenters. The Balaban J connectivity index is 2.09. The van der Waals surface area contributed by atoms with Crippen molar-refractivity contribution in [3.63, 3.8) is 0 Å². The van der Waals surface area contributed by atoms with Crippen molar-refractivity contribution in [3.05, 3.63) is 30.3 Å². The van der Waals surface area contributed by atoms with Gasteiger partial charge in [0, 0.05) is 12.1 Å². The topological polar surface area (TPSA) is 55.4 Å². The summed E-state index contributed by atoms with van der Waals surface area (Å²) in [4.78, 5) is 22.4. The smallest absolute Gasteiger partial charge is 0.305 e. The van der Waals surface area contributed by atoms with Crippen LogP contribution in [0.4, 0.5) is 5.69 Å². The Kier molecular flexibility index (Phi) is 6.94. The first kappa shape index (κ1) is 14.6. The molecule has 0 aliphatic rings. The Hall–Kier alpha value is -1.49. The monoisotopic (exact) mass is 267 g/mol. The molecule has 0 bridgehead atoms. The highest BCUT2D eigenvalue weighted by atomic mass is 32.2. The fourth-order valence-corrected chi connectivity index (χ4v) is 2.05. The predicted molar refractivity (Wildman–Crippen MR) is 73.6 cm³/mol. The van der Waals surface area contributed by atoms with Crippen LogP contribution in [0.1, 0.15) is 12.8 Å². The van der Waals surface area contributed by atoms with Crippen LogP contribution in [0, 0.1) is 0 Å². The predicted octanol–water partition coefficient (Wildman–Crippen LogP) is 2.31. The Morgan fingerprint density at radius 3 is 2.67 bits per heavy atom. The molecule has 4 nitrogen and oxygen atoms in total. The zero-order valence-corrected chi connectivity index (χ0v) is 11.2. The second-order valence-corrected chi connectivity index (χ2v) is 4.75. The summed E-state index contributed by atoms with van der Waals surface area (Å²) in [7, 11) is 1.38. The van der Waals surface area contributed by atoms with Gasteiger partial charge in [0.25, 0.3) is 0 Å². The van der Waals surface area contributed by atoms with Gasteiger partial charge in [0.1, 0.15) is 0 Å². The Morgan fingerprint density at radius 2 is 2.00 bits per heavy atom. The van der Waals surface area contributed by atoms with E-state index in [1.807, 2.05) is 30.3 Å². The summed E-state index contributed by atoms with van der Waals surface area (Å²) in [6, 6.07) is 9.34. The highest BCUT2D eigenvalue weighted by molar-refractivity contribution is 7.99. The van der Waals surface area contributed by atoms with Crippen LogP contribution in [0.25, 0.3) is 0 Å². The zero-order valence-electron chi connectivity index (χ0n) is 10.3. The van der Waals surface area contributed by atoms with Crippen LogP contribution in [-0.4, -0.2) is 30.5 Å². The van der Waals surface area contributed by atoms with E-state index in [0.29, 0.717) is 12.2 Å². The van der Waals surface area contributed by atoms with Crippen LogP contribution in [0.5, 0.6) is 0 Å². The fraction of sp³-hybridized carbons (Fsp3) is 0.385. The Labute approximate surface area is 111 Å². The maximum absolute atomic E-state index is 11.5. The lowest BCUT2D eigenvalue weighted by Gasteiger charge is -2.04. The first-order valence-corrected chi connectivity index (χ1v) is 6.87.